The van der Waals surface area contributed by atoms with Crippen molar-refractivity contribution >= 4 is 31.8 Å². The van der Waals surface area contributed by atoms with Crippen molar-refractivity contribution in [3.05, 3.63) is 77.9 Å². The summed E-state index contributed by atoms with van der Waals surface area (Å²) in [5.41, 5.74) is 2.60. The molecule has 31 heavy (non-hydrogen) atoms. The fourth-order valence-corrected chi connectivity index (χ4v) is 4.66. The van der Waals surface area contributed by atoms with E-state index in [1.807, 2.05) is 23.8 Å². The summed E-state index contributed by atoms with van der Waals surface area (Å²) in [6, 6.07) is 16.3. The molecule has 8 nitrogen and oxygen atoms in total. The topological polar surface area (TPSA) is 135 Å². The SMILES string of the molecule is Cc1ccc(S(=O)(=O)NC(=O)Nc2c(-c3ccccc3C)cccc2S(N)(=O)=O)cc1. The second-order valence-electron chi connectivity index (χ2n) is 6.91. The minimum atomic E-state index is -4.22. The molecule has 3 rings (SSSR count). The Morgan fingerprint density at radius 1 is 0.806 bits per heavy atom. The molecule has 0 unspecified atom stereocenters. The van der Waals surface area contributed by atoms with Crippen LogP contribution in [-0.2, 0) is 20.0 Å². The van der Waals surface area contributed by atoms with Crippen molar-refractivity contribution in [3.63, 3.8) is 0 Å². The van der Waals surface area contributed by atoms with E-state index in [-0.39, 0.29) is 15.5 Å². The van der Waals surface area contributed by atoms with E-state index >= 15 is 0 Å². The number of carbonyl (C=O) groups excluding carboxylic acids is 1. The van der Waals surface area contributed by atoms with Crippen LogP contribution in [0.1, 0.15) is 11.1 Å². The van der Waals surface area contributed by atoms with E-state index in [4.69, 9.17) is 5.14 Å². The maximum atomic E-state index is 12.6. The lowest BCUT2D eigenvalue weighted by atomic mass is 9.99. The quantitative estimate of drug-likeness (QED) is 0.539. The highest BCUT2D eigenvalue weighted by molar-refractivity contribution is 7.90. The summed E-state index contributed by atoms with van der Waals surface area (Å²) in [5.74, 6) is 0. The molecule has 3 aromatic rings. The molecule has 0 aliphatic rings. The molecule has 0 aliphatic carbocycles. The Hall–Kier alpha value is -3.21. The summed E-state index contributed by atoms with van der Waals surface area (Å²) in [6.45, 7) is 3.62. The predicted molar refractivity (Wildman–Crippen MR) is 119 cm³/mol. The normalized spacial score (nSPS) is 11.7. The number of rotatable bonds is 5. The lowest BCUT2D eigenvalue weighted by Gasteiger charge is -2.17. The molecule has 4 N–H and O–H groups in total. The van der Waals surface area contributed by atoms with Crippen LogP contribution in [0, 0.1) is 13.8 Å². The standard InChI is InChI=1S/C21H21N3O5S2/c1-14-10-12-16(13-11-14)31(28,29)24-21(25)23-20-18(17-7-4-3-6-15(17)2)8-5-9-19(20)30(22,26)27/h3-13H,1-2H3,(H2,22,26,27)(H2,23,24,25). The van der Waals surface area contributed by atoms with Crippen molar-refractivity contribution in [2.24, 2.45) is 5.14 Å². The van der Waals surface area contributed by atoms with E-state index < -0.39 is 26.1 Å². The molecule has 2 amide bonds. The van der Waals surface area contributed by atoms with E-state index in [1.54, 1.807) is 37.3 Å². The summed E-state index contributed by atoms with van der Waals surface area (Å²) < 4.78 is 51.2. The molecule has 0 saturated carbocycles. The van der Waals surface area contributed by atoms with Gasteiger partial charge in [0.15, 0.2) is 0 Å². The molecule has 0 saturated heterocycles. The van der Waals surface area contributed by atoms with E-state index in [0.29, 0.717) is 11.1 Å². The Labute approximate surface area is 181 Å². The number of nitrogens with one attached hydrogen (secondary N) is 2. The third-order valence-corrected chi connectivity index (χ3v) is 6.87. The van der Waals surface area contributed by atoms with Gasteiger partial charge in [-0.2, -0.15) is 0 Å². The lowest BCUT2D eigenvalue weighted by molar-refractivity contribution is 0.256. The van der Waals surface area contributed by atoms with Crippen LogP contribution in [0.25, 0.3) is 11.1 Å². The molecule has 0 aliphatic heterocycles. The van der Waals surface area contributed by atoms with Crippen LogP contribution in [0.15, 0.2) is 76.5 Å². The van der Waals surface area contributed by atoms with Crippen molar-refractivity contribution in [3.8, 4) is 11.1 Å². The van der Waals surface area contributed by atoms with Crippen molar-refractivity contribution in [2.45, 2.75) is 23.6 Å². The van der Waals surface area contributed by atoms with E-state index in [1.165, 1.54) is 24.3 Å². The van der Waals surface area contributed by atoms with E-state index in [9.17, 15) is 21.6 Å². The number of aryl methyl sites for hydroxylation is 2. The maximum Gasteiger partial charge on any atom is 0.333 e. The summed E-state index contributed by atoms with van der Waals surface area (Å²) in [6.07, 6.45) is 0. The molecule has 0 radical (unpaired) electrons. The average Bonchev–Trinajstić information content (AvgIpc) is 2.68. The number of nitrogens with two attached hydrogens (primary N) is 1. The van der Waals surface area contributed by atoms with Crippen LogP contribution >= 0.6 is 0 Å². The van der Waals surface area contributed by atoms with Crippen LogP contribution < -0.4 is 15.2 Å². The van der Waals surface area contributed by atoms with Crippen molar-refractivity contribution < 1.29 is 21.6 Å². The predicted octanol–water partition coefficient (Wildman–Crippen LogP) is 3.13. The number of para-hydroxylation sites is 1. The van der Waals surface area contributed by atoms with Gasteiger partial charge in [0.1, 0.15) is 4.90 Å². The van der Waals surface area contributed by atoms with Gasteiger partial charge >= 0.3 is 6.03 Å². The first-order valence-corrected chi connectivity index (χ1v) is 12.1. The Kier molecular flexibility index (Phi) is 6.16. The number of hydrogen-bond donors (Lipinski definition) is 3. The van der Waals surface area contributed by atoms with E-state index in [2.05, 4.69) is 5.32 Å². The zero-order valence-electron chi connectivity index (χ0n) is 16.8. The Bertz CT molecular complexity index is 1350. The monoisotopic (exact) mass is 459 g/mol. The van der Waals surface area contributed by atoms with Gasteiger partial charge in [0.2, 0.25) is 10.0 Å². The highest BCUT2D eigenvalue weighted by Gasteiger charge is 2.23. The molecule has 0 spiro atoms. The van der Waals surface area contributed by atoms with Gasteiger partial charge in [-0.25, -0.2) is 31.5 Å². The molecular weight excluding hydrogens is 438 g/mol. The van der Waals surface area contributed by atoms with Gasteiger partial charge in [0.25, 0.3) is 10.0 Å². The van der Waals surface area contributed by atoms with Crippen LogP contribution in [-0.4, -0.2) is 22.9 Å². The first-order valence-electron chi connectivity index (χ1n) is 9.11. The second kappa shape index (κ2) is 8.50. The van der Waals surface area contributed by atoms with Crippen LogP contribution in [0.2, 0.25) is 0 Å². The first-order chi connectivity index (χ1) is 14.5. The van der Waals surface area contributed by atoms with Crippen LogP contribution in [0.5, 0.6) is 0 Å². The van der Waals surface area contributed by atoms with Gasteiger partial charge in [-0.05, 0) is 43.2 Å². The van der Waals surface area contributed by atoms with Crippen molar-refractivity contribution in [2.75, 3.05) is 5.32 Å². The number of hydrogen-bond acceptors (Lipinski definition) is 5. The highest BCUT2D eigenvalue weighted by Crippen LogP contribution is 2.35. The fourth-order valence-electron chi connectivity index (χ4n) is 3.03. The molecule has 0 aromatic heterocycles. The van der Waals surface area contributed by atoms with Crippen molar-refractivity contribution in [1.82, 2.24) is 4.72 Å². The van der Waals surface area contributed by atoms with Gasteiger partial charge in [0, 0.05) is 5.56 Å². The Balaban J connectivity index is 2.03. The molecule has 0 atom stereocenters. The van der Waals surface area contributed by atoms with Crippen LogP contribution in [0.3, 0.4) is 0 Å². The number of anilines is 1. The third kappa shape index (κ3) is 5.10. The largest absolute Gasteiger partial charge is 0.333 e. The zero-order chi connectivity index (χ0) is 22.8. The van der Waals surface area contributed by atoms with Gasteiger partial charge in [-0.3, -0.25) is 0 Å². The maximum absolute atomic E-state index is 12.6. The van der Waals surface area contributed by atoms with Crippen molar-refractivity contribution in [1.29, 1.82) is 0 Å². The second-order valence-corrected chi connectivity index (χ2v) is 10.1. The number of urea groups is 1. The summed E-state index contributed by atoms with van der Waals surface area (Å²) in [5, 5.41) is 7.69. The molecule has 3 aromatic carbocycles. The zero-order valence-corrected chi connectivity index (χ0v) is 18.4. The molecule has 0 bridgehead atoms. The average molecular weight is 460 g/mol. The summed E-state index contributed by atoms with van der Waals surface area (Å²) in [7, 11) is -8.39. The molecule has 0 heterocycles. The number of sulfonamides is 2. The Morgan fingerprint density at radius 2 is 1.42 bits per heavy atom. The minimum Gasteiger partial charge on any atom is -0.305 e. The van der Waals surface area contributed by atoms with Gasteiger partial charge in [-0.1, -0.05) is 54.1 Å². The van der Waals surface area contributed by atoms with Gasteiger partial charge in [-0.15, -0.1) is 0 Å². The third-order valence-electron chi connectivity index (χ3n) is 4.56. The van der Waals surface area contributed by atoms with Gasteiger partial charge < -0.3 is 5.32 Å². The summed E-state index contributed by atoms with van der Waals surface area (Å²) >= 11 is 0. The van der Waals surface area contributed by atoms with E-state index in [0.717, 1.165) is 11.1 Å². The number of benzene rings is 3. The minimum absolute atomic E-state index is 0.105. The first kappa shape index (κ1) is 22.5. The number of amides is 2. The fraction of sp³-hybridized carbons (Fsp3) is 0.0952. The molecule has 0 fully saturated rings. The number of carbonyl (C=O) groups is 1. The lowest BCUT2D eigenvalue weighted by Crippen LogP contribution is -2.35. The smallest absolute Gasteiger partial charge is 0.305 e. The highest BCUT2D eigenvalue weighted by atomic mass is 32.2. The molecule has 162 valence electrons. The number of primary sulfonamides is 1. The Morgan fingerprint density at radius 3 is 2.03 bits per heavy atom. The van der Waals surface area contributed by atoms with Crippen LogP contribution in [0.4, 0.5) is 10.5 Å². The molecular formula is C21H21N3O5S2. The molecule has 10 heteroatoms. The summed E-state index contributed by atoms with van der Waals surface area (Å²) in [4.78, 5) is 12.1. The van der Waals surface area contributed by atoms with Gasteiger partial charge in [0.05, 0.1) is 10.6 Å².